The summed E-state index contributed by atoms with van der Waals surface area (Å²) in [5.74, 6) is -0.311. The molecular weight excluding hydrogens is 388 g/mol. The van der Waals surface area contributed by atoms with Crippen molar-refractivity contribution < 1.29 is 14.7 Å². The molecule has 0 unspecified atom stereocenters. The molecule has 1 fully saturated rings. The zero-order chi connectivity index (χ0) is 20.5. The standard InChI is InChI=1S/C21H24N4O3S/c1-14-13-15-20(24-11-9-23(2)10-12-24)22-16-5-3-4-6-17(16)25(21(15)29-14)18(26)7-8-19(27)28/h3-6,13H,7-12H2,1-2H3,(H,27,28). The molecule has 1 aromatic heterocycles. The average Bonchev–Trinajstić information content (AvgIpc) is 3.01. The Kier molecular flexibility index (Phi) is 5.38. The number of amides is 1. The highest BCUT2D eigenvalue weighted by molar-refractivity contribution is 7.16. The van der Waals surface area contributed by atoms with Crippen LogP contribution in [0.15, 0.2) is 35.3 Å². The minimum absolute atomic E-state index is 0.0517. The smallest absolute Gasteiger partial charge is 0.303 e. The second kappa shape index (κ2) is 7.96. The molecule has 0 spiro atoms. The highest BCUT2D eigenvalue weighted by atomic mass is 32.1. The number of aliphatic carboxylic acids is 1. The molecule has 1 aromatic carbocycles. The summed E-state index contributed by atoms with van der Waals surface area (Å²) in [6, 6.07) is 9.66. The predicted octanol–water partition coefficient (Wildman–Crippen LogP) is 3.23. The van der Waals surface area contributed by atoms with E-state index in [0.29, 0.717) is 5.69 Å². The van der Waals surface area contributed by atoms with E-state index in [1.807, 2.05) is 31.2 Å². The number of anilines is 2. The van der Waals surface area contributed by atoms with Crippen LogP contribution in [0.2, 0.25) is 0 Å². The van der Waals surface area contributed by atoms with Crippen LogP contribution in [-0.2, 0) is 9.59 Å². The molecule has 8 heteroatoms. The van der Waals surface area contributed by atoms with Crippen LogP contribution in [0, 0.1) is 6.92 Å². The number of piperazine rings is 1. The van der Waals surface area contributed by atoms with Gasteiger partial charge in [-0.25, -0.2) is 4.99 Å². The molecule has 0 atom stereocenters. The number of carbonyl (C=O) groups is 2. The molecule has 2 aliphatic rings. The van der Waals surface area contributed by atoms with Gasteiger partial charge in [0.2, 0.25) is 5.91 Å². The van der Waals surface area contributed by atoms with Crippen molar-refractivity contribution in [2.75, 3.05) is 38.1 Å². The van der Waals surface area contributed by atoms with Gasteiger partial charge >= 0.3 is 5.97 Å². The third kappa shape index (κ3) is 3.90. The molecule has 0 bridgehead atoms. The van der Waals surface area contributed by atoms with Crippen LogP contribution in [0.4, 0.5) is 16.4 Å². The second-order valence-corrected chi connectivity index (χ2v) is 8.65. The van der Waals surface area contributed by atoms with E-state index in [2.05, 4.69) is 22.9 Å². The van der Waals surface area contributed by atoms with Crippen molar-refractivity contribution in [1.29, 1.82) is 0 Å². The van der Waals surface area contributed by atoms with Gasteiger partial charge in [-0.2, -0.15) is 0 Å². The summed E-state index contributed by atoms with van der Waals surface area (Å²) in [4.78, 5) is 36.5. The Labute approximate surface area is 173 Å². The summed E-state index contributed by atoms with van der Waals surface area (Å²) < 4.78 is 0. The number of carboxylic acid groups (broad SMARTS) is 1. The summed E-state index contributed by atoms with van der Waals surface area (Å²) in [6.07, 6.45) is -0.243. The maximum atomic E-state index is 13.1. The van der Waals surface area contributed by atoms with Crippen molar-refractivity contribution in [2.24, 2.45) is 4.99 Å². The topological polar surface area (TPSA) is 76.4 Å². The zero-order valence-electron chi connectivity index (χ0n) is 16.6. The molecule has 0 aliphatic carbocycles. The van der Waals surface area contributed by atoms with Gasteiger partial charge in [0.05, 0.1) is 23.4 Å². The molecule has 1 amide bonds. The van der Waals surface area contributed by atoms with Crippen molar-refractivity contribution in [1.82, 2.24) is 9.80 Å². The molecule has 3 heterocycles. The van der Waals surface area contributed by atoms with Crippen LogP contribution in [0.1, 0.15) is 23.3 Å². The van der Waals surface area contributed by atoms with E-state index < -0.39 is 5.97 Å². The molecule has 1 saturated heterocycles. The molecule has 7 nitrogen and oxygen atoms in total. The Hall–Kier alpha value is -2.71. The lowest BCUT2D eigenvalue weighted by atomic mass is 10.2. The molecule has 2 aromatic rings. The van der Waals surface area contributed by atoms with Crippen molar-refractivity contribution in [3.8, 4) is 0 Å². The number of nitrogens with zero attached hydrogens (tertiary/aromatic N) is 4. The van der Waals surface area contributed by atoms with Crippen LogP contribution < -0.4 is 4.90 Å². The SMILES string of the molecule is Cc1cc2c(s1)N(C(=O)CCC(=O)O)c1ccccc1N=C2N1CCN(C)CC1. The summed E-state index contributed by atoms with van der Waals surface area (Å²) in [7, 11) is 2.12. The number of hydrogen-bond acceptors (Lipinski definition) is 6. The van der Waals surface area contributed by atoms with Gasteiger partial charge in [0.1, 0.15) is 10.8 Å². The van der Waals surface area contributed by atoms with Crippen LogP contribution in [-0.4, -0.2) is 65.8 Å². The molecule has 152 valence electrons. The van der Waals surface area contributed by atoms with Crippen molar-refractivity contribution in [3.05, 3.63) is 40.8 Å². The number of amidine groups is 1. The third-order valence-corrected chi connectivity index (χ3v) is 6.27. The van der Waals surface area contributed by atoms with Gasteiger partial charge < -0.3 is 14.9 Å². The number of hydrogen-bond donors (Lipinski definition) is 1. The molecule has 0 radical (unpaired) electrons. The number of carbonyl (C=O) groups excluding carboxylic acids is 1. The first-order valence-corrected chi connectivity index (χ1v) is 10.5. The number of thiophene rings is 1. The summed E-state index contributed by atoms with van der Waals surface area (Å²) in [5, 5.41) is 9.86. The van der Waals surface area contributed by atoms with Crippen LogP contribution in [0.3, 0.4) is 0 Å². The normalized spacial score (nSPS) is 16.7. The van der Waals surface area contributed by atoms with Crippen LogP contribution >= 0.6 is 11.3 Å². The van der Waals surface area contributed by atoms with E-state index in [1.54, 1.807) is 16.2 Å². The Balaban J connectivity index is 1.81. The summed E-state index contributed by atoms with van der Waals surface area (Å²) >= 11 is 1.55. The lowest BCUT2D eigenvalue weighted by molar-refractivity contribution is -0.138. The fourth-order valence-corrected chi connectivity index (χ4v) is 4.73. The molecule has 2 aliphatic heterocycles. The van der Waals surface area contributed by atoms with E-state index >= 15 is 0 Å². The highest BCUT2D eigenvalue weighted by Crippen LogP contribution is 2.44. The van der Waals surface area contributed by atoms with E-state index in [1.165, 1.54) is 0 Å². The number of fused-ring (bicyclic) bond motifs is 2. The summed E-state index contributed by atoms with van der Waals surface area (Å²) in [6.45, 7) is 5.69. The largest absolute Gasteiger partial charge is 0.481 e. The number of rotatable bonds is 3. The number of likely N-dealkylation sites (N-methyl/N-ethyl adjacent to an activating group) is 1. The molecule has 1 N–H and O–H groups in total. The first kappa shape index (κ1) is 19.6. The van der Waals surface area contributed by atoms with Crippen molar-refractivity contribution in [3.63, 3.8) is 0 Å². The van der Waals surface area contributed by atoms with Crippen molar-refractivity contribution >= 4 is 45.4 Å². The van der Waals surface area contributed by atoms with E-state index in [9.17, 15) is 9.59 Å². The Morgan fingerprint density at radius 2 is 1.86 bits per heavy atom. The zero-order valence-corrected chi connectivity index (χ0v) is 17.4. The number of carboxylic acids is 1. The van der Waals surface area contributed by atoms with Crippen LogP contribution in [0.5, 0.6) is 0 Å². The van der Waals surface area contributed by atoms with Gasteiger partial charge in [0.15, 0.2) is 0 Å². The van der Waals surface area contributed by atoms with E-state index in [0.717, 1.165) is 53.1 Å². The average molecular weight is 413 g/mol. The molecule has 0 saturated carbocycles. The summed E-state index contributed by atoms with van der Waals surface area (Å²) in [5.41, 5.74) is 2.37. The fourth-order valence-electron chi connectivity index (χ4n) is 3.69. The first-order valence-electron chi connectivity index (χ1n) is 9.71. The Bertz CT molecular complexity index is 976. The highest BCUT2D eigenvalue weighted by Gasteiger charge is 2.32. The van der Waals surface area contributed by atoms with Gasteiger partial charge in [-0.3, -0.25) is 14.5 Å². The number of aryl methyl sites for hydroxylation is 1. The monoisotopic (exact) mass is 412 g/mol. The van der Waals surface area contributed by atoms with Crippen molar-refractivity contribution in [2.45, 2.75) is 19.8 Å². The van der Waals surface area contributed by atoms with Gasteiger partial charge in [-0.1, -0.05) is 12.1 Å². The minimum atomic E-state index is -0.974. The van der Waals surface area contributed by atoms with Gasteiger partial charge in [-0.05, 0) is 32.2 Å². The number of para-hydroxylation sites is 2. The fraction of sp³-hybridized carbons (Fsp3) is 0.381. The van der Waals surface area contributed by atoms with E-state index in [4.69, 9.17) is 10.1 Å². The Morgan fingerprint density at radius 3 is 2.59 bits per heavy atom. The predicted molar refractivity (Wildman–Crippen MR) is 115 cm³/mol. The number of benzene rings is 1. The Morgan fingerprint density at radius 1 is 1.14 bits per heavy atom. The number of aliphatic imine (C=N–C) groups is 1. The lowest BCUT2D eigenvalue weighted by Gasteiger charge is -2.34. The van der Waals surface area contributed by atoms with Gasteiger partial charge in [-0.15, -0.1) is 11.3 Å². The lowest BCUT2D eigenvalue weighted by Crippen LogP contribution is -2.47. The van der Waals surface area contributed by atoms with Crippen LogP contribution in [0.25, 0.3) is 0 Å². The van der Waals surface area contributed by atoms with E-state index in [-0.39, 0.29) is 18.7 Å². The second-order valence-electron chi connectivity index (χ2n) is 7.41. The third-order valence-electron chi connectivity index (χ3n) is 5.23. The first-order chi connectivity index (χ1) is 13.9. The van der Waals surface area contributed by atoms with Gasteiger partial charge in [0, 0.05) is 37.5 Å². The van der Waals surface area contributed by atoms with Gasteiger partial charge in [0.25, 0.3) is 0 Å². The molecule has 29 heavy (non-hydrogen) atoms. The quantitative estimate of drug-likeness (QED) is 0.838. The maximum Gasteiger partial charge on any atom is 0.303 e. The molecule has 4 rings (SSSR count). The maximum absolute atomic E-state index is 13.1. The minimum Gasteiger partial charge on any atom is -0.481 e. The molecular formula is C21H24N4O3S.